The molecule has 0 radical (unpaired) electrons. The average Bonchev–Trinajstić information content (AvgIpc) is 3.46. The van der Waals surface area contributed by atoms with Gasteiger partial charge in [-0.1, -0.05) is 94.9 Å². The van der Waals surface area contributed by atoms with Crippen molar-refractivity contribution in [1.29, 1.82) is 0 Å². The van der Waals surface area contributed by atoms with Crippen LogP contribution in [0.4, 0.5) is 9.59 Å². The summed E-state index contributed by atoms with van der Waals surface area (Å²) in [5.74, 6) is 0.585. The molecule has 1 aliphatic heterocycles. The molecule has 3 N–H and O–H groups in total. The van der Waals surface area contributed by atoms with Gasteiger partial charge in [0.1, 0.15) is 0 Å². The van der Waals surface area contributed by atoms with Crippen molar-refractivity contribution in [3.8, 4) is 0 Å². The minimum atomic E-state index is -0.635. The van der Waals surface area contributed by atoms with Gasteiger partial charge >= 0.3 is 6.09 Å². The number of thioether (sulfide) groups is 1. The molecule has 2 aromatic rings. The van der Waals surface area contributed by atoms with Crippen LogP contribution >= 0.6 is 11.8 Å². The molecule has 266 valence electrons. The molecule has 0 bridgehead atoms. The molecule has 1 saturated heterocycles. The quantitative estimate of drug-likeness (QED) is 0.165. The first kappa shape index (κ1) is 39.4. The number of carbonyl (C=O) groups is 3. The lowest BCUT2D eigenvalue weighted by Crippen LogP contribution is -2.43. The number of rotatable bonds is 16. The number of benzene rings is 2. The molecule has 3 amide bonds. The van der Waals surface area contributed by atoms with Crippen LogP contribution in [0.2, 0.25) is 0 Å². The van der Waals surface area contributed by atoms with Crippen LogP contribution in [-0.2, 0) is 31.4 Å². The largest absolute Gasteiger partial charge is 0.450 e. The first-order valence-corrected chi connectivity index (χ1v) is 18.5. The highest BCUT2D eigenvalue weighted by atomic mass is 32.2. The lowest BCUT2D eigenvalue weighted by molar-refractivity contribution is -0.130. The van der Waals surface area contributed by atoms with Crippen molar-refractivity contribution in [1.82, 2.24) is 15.5 Å². The zero-order valence-corrected chi connectivity index (χ0v) is 31.5. The van der Waals surface area contributed by atoms with Crippen LogP contribution in [0.25, 0.3) is 0 Å². The van der Waals surface area contributed by atoms with Gasteiger partial charge in [0, 0.05) is 24.8 Å². The molecule has 9 heteroatoms. The lowest BCUT2D eigenvalue weighted by atomic mass is 9.64. The number of nitrogens with one attached hydrogen (secondary N) is 2. The van der Waals surface area contributed by atoms with Crippen LogP contribution in [0.1, 0.15) is 123 Å². The maximum atomic E-state index is 13.0. The molecule has 0 saturated carbocycles. The molecular weight excluding hydrogens is 623 g/mol. The number of aliphatic hydroxyl groups is 1. The summed E-state index contributed by atoms with van der Waals surface area (Å²) in [5.41, 5.74) is 2.45. The van der Waals surface area contributed by atoms with E-state index in [4.69, 9.17) is 4.74 Å². The third-order valence-corrected chi connectivity index (χ3v) is 10.5. The number of ether oxygens (including phenoxy) is 1. The number of aliphatic hydroxyl groups excluding tert-OH is 1. The highest BCUT2D eigenvalue weighted by Crippen LogP contribution is 2.44. The van der Waals surface area contributed by atoms with Crippen LogP contribution in [-0.4, -0.2) is 58.8 Å². The summed E-state index contributed by atoms with van der Waals surface area (Å²) in [7, 11) is 0. The fourth-order valence-corrected chi connectivity index (χ4v) is 7.70. The molecule has 1 fully saturated rings. The topological polar surface area (TPSA) is 108 Å². The third kappa shape index (κ3) is 10.2. The second-order valence-corrected chi connectivity index (χ2v) is 16.3. The molecule has 1 heterocycles. The van der Waals surface area contributed by atoms with E-state index in [2.05, 4.69) is 85.7 Å². The Morgan fingerprint density at radius 1 is 0.917 bits per heavy atom. The van der Waals surface area contributed by atoms with E-state index < -0.39 is 17.2 Å². The first-order valence-electron chi connectivity index (χ1n) is 17.5. The Hall–Kier alpha value is -3.04. The van der Waals surface area contributed by atoms with Gasteiger partial charge in [-0.2, -0.15) is 0 Å². The molecule has 1 aliphatic rings. The second-order valence-electron chi connectivity index (χ2n) is 15.2. The summed E-state index contributed by atoms with van der Waals surface area (Å²) in [6, 6.07) is 17.1. The SMILES string of the molecule is CCCOC(=O)NC(C)(C)c1cccc(C(C)(C)CC(C)(CC(CC)N2CCCC2=O)c2cccc(C(C)(C)NC(=O)SCCO)c2)c1. The molecule has 2 atom stereocenters. The lowest BCUT2D eigenvalue weighted by Gasteiger charge is -2.43. The Bertz CT molecular complexity index is 1410. The van der Waals surface area contributed by atoms with Crippen LogP contribution in [0.15, 0.2) is 48.5 Å². The summed E-state index contributed by atoms with van der Waals surface area (Å²) < 4.78 is 5.32. The van der Waals surface area contributed by atoms with Crippen molar-refractivity contribution in [2.45, 2.75) is 129 Å². The van der Waals surface area contributed by atoms with Crippen LogP contribution < -0.4 is 10.6 Å². The Morgan fingerprint density at radius 3 is 2.06 bits per heavy atom. The number of likely N-dealkylation sites (tertiary alicyclic amines) is 1. The standard InChI is InChI=1S/C39H59N3O5S/c1-10-22-47-34(45)40-37(5,6)29-16-12-15-28(24-29)36(3,4)27-39(9,26-32(11-2)42-20-14-19-33(42)44)31-18-13-17-30(25-31)38(7,8)41-35(46)48-23-21-43/h12-13,15-18,24-25,32,43H,10-11,14,19-23,26-27H2,1-9H3,(H,40,45)(H,41,46). The molecular formula is C39H59N3O5S. The van der Waals surface area contributed by atoms with Crippen molar-refractivity contribution >= 4 is 29.0 Å². The molecule has 0 aliphatic carbocycles. The third-order valence-electron chi connectivity index (χ3n) is 9.78. The van der Waals surface area contributed by atoms with Gasteiger partial charge in [-0.15, -0.1) is 0 Å². The van der Waals surface area contributed by atoms with Gasteiger partial charge in [0.15, 0.2) is 0 Å². The molecule has 0 spiro atoms. The van der Waals surface area contributed by atoms with E-state index in [1.165, 1.54) is 5.56 Å². The first-order chi connectivity index (χ1) is 22.5. The van der Waals surface area contributed by atoms with E-state index >= 15 is 0 Å². The summed E-state index contributed by atoms with van der Waals surface area (Å²) in [6.07, 6.45) is 4.33. The normalized spacial score (nSPS) is 16.0. The number of hydrogen-bond donors (Lipinski definition) is 3. The maximum absolute atomic E-state index is 13.0. The van der Waals surface area contributed by atoms with Crippen molar-refractivity contribution < 1.29 is 24.2 Å². The van der Waals surface area contributed by atoms with E-state index in [0.29, 0.717) is 18.8 Å². The highest BCUT2D eigenvalue weighted by Gasteiger charge is 2.40. The summed E-state index contributed by atoms with van der Waals surface area (Å²) in [6.45, 7) is 20.1. The predicted octanol–water partition coefficient (Wildman–Crippen LogP) is 8.14. The smallest absolute Gasteiger partial charge is 0.407 e. The second kappa shape index (κ2) is 16.6. The van der Waals surface area contributed by atoms with E-state index in [0.717, 1.165) is 67.1 Å². The predicted molar refractivity (Wildman–Crippen MR) is 196 cm³/mol. The van der Waals surface area contributed by atoms with Crippen molar-refractivity contribution in [3.05, 3.63) is 70.8 Å². The Kier molecular flexibility index (Phi) is 13.6. The average molecular weight is 682 g/mol. The molecule has 2 unspecified atom stereocenters. The van der Waals surface area contributed by atoms with Gasteiger partial charge < -0.3 is 25.4 Å². The van der Waals surface area contributed by atoms with E-state index in [-0.39, 0.29) is 34.6 Å². The van der Waals surface area contributed by atoms with E-state index in [1.807, 2.05) is 40.7 Å². The van der Waals surface area contributed by atoms with Crippen molar-refractivity contribution in [2.24, 2.45) is 0 Å². The van der Waals surface area contributed by atoms with Crippen LogP contribution in [0.5, 0.6) is 0 Å². The molecule has 48 heavy (non-hydrogen) atoms. The number of amides is 3. The van der Waals surface area contributed by atoms with Gasteiger partial charge in [-0.3, -0.25) is 9.59 Å². The maximum Gasteiger partial charge on any atom is 0.407 e. The molecule has 8 nitrogen and oxygen atoms in total. The summed E-state index contributed by atoms with van der Waals surface area (Å²) in [4.78, 5) is 40.2. The van der Waals surface area contributed by atoms with Gasteiger partial charge in [0.05, 0.1) is 24.3 Å². The number of nitrogens with zero attached hydrogens (tertiary/aromatic N) is 1. The van der Waals surface area contributed by atoms with Gasteiger partial charge in [0.2, 0.25) is 5.91 Å². The zero-order chi connectivity index (χ0) is 35.8. The van der Waals surface area contributed by atoms with E-state index in [1.54, 1.807) is 0 Å². The minimum absolute atomic E-state index is 0.0529. The Balaban J connectivity index is 2.03. The van der Waals surface area contributed by atoms with Crippen LogP contribution in [0, 0.1) is 0 Å². The monoisotopic (exact) mass is 681 g/mol. The summed E-state index contributed by atoms with van der Waals surface area (Å²) >= 11 is 1.08. The van der Waals surface area contributed by atoms with Gasteiger partial charge in [-0.05, 0) is 92.9 Å². The fourth-order valence-electron chi connectivity index (χ4n) is 7.09. The number of carbonyl (C=O) groups excluding carboxylic acids is 3. The molecule has 2 aromatic carbocycles. The van der Waals surface area contributed by atoms with Gasteiger partial charge in [0.25, 0.3) is 5.24 Å². The fraction of sp³-hybridized carbons (Fsp3) is 0.615. The molecule has 0 aromatic heterocycles. The zero-order valence-electron chi connectivity index (χ0n) is 30.7. The Labute approximate surface area is 293 Å². The molecule has 3 rings (SSSR count). The van der Waals surface area contributed by atoms with E-state index in [9.17, 15) is 19.5 Å². The Morgan fingerprint density at radius 2 is 1.50 bits per heavy atom. The van der Waals surface area contributed by atoms with Crippen LogP contribution in [0.3, 0.4) is 0 Å². The van der Waals surface area contributed by atoms with Gasteiger partial charge in [-0.25, -0.2) is 4.79 Å². The number of hydrogen-bond acceptors (Lipinski definition) is 6. The highest BCUT2D eigenvalue weighted by molar-refractivity contribution is 8.13. The van der Waals surface area contributed by atoms with Crippen molar-refractivity contribution in [3.63, 3.8) is 0 Å². The number of alkyl carbamates (subject to hydrolysis) is 1. The summed E-state index contributed by atoms with van der Waals surface area (Å²) in [5, 5.41) is 15.2. The minimum Gasteiger partial charge on any atom is -0.450 e. The van der Waals surface area contributed by atoms with Crippen molar-refractivity contribution in [2.75, 3.05) is 25.5 Å².